The zero-order valence-electron chi connectivity index (χ0n) is 12.6. The van der Waals surface area contributed by atoms with Gasteiger partial charge < -0.3 is 24.6 Å². The van der Waals surface area contributed by atoms with Crippen LogP contribution in [0.15, 0.2) is 29.4 Å². The number of non-ortho nitro benzene ring substituents is 1. The predicted molar refractivity (Wildman–Crippen MR) is 79.6 cm³/mol. The molecule has 12 nitrogen and oxygen atoms in total. The Hall–Kier alpha value is -2.92. The molecule has 2 heterocycles. The molecule has 3 rings (SSSR count). The van der Waals surface area contributed by atoms with Gasteiger partial charge in [0.1, 0.15) is 11.8 Å². The first-order valence-electron chi connectivity index (χ1n) is 7.21. The van der Waals surface area contributed by atoms with Gasteiger partial charge in [0.25, 0.3) is 5.69 Å². The van der Waals surface area contributed by atoms with E-state index in [4.69, 9.17) is 19.7 Å². The molecular formula is C13H13N5O7. The minimum Gasteiger partial charge on any atom is -0.410 e. The first-order valence-corrected chi connectivity index (χ1v) is 7.21. The van der Waals surface area contributed by atoms with E-state index in [1.54, 1.807) is 0 Å². The van der Waals surface area contributed by atoms with E-state index in [0.29, 0.717) is 0 Å². The van der Waals surface area contributed by atoms with Crippen molar-refractivity contribution in [2.24, 2.45) is 5.11 Å². The molecule has 5 atom stereocenters. The molecule has 25 heavy (non-hydrogen) atoms. The molecule has 1 aromatic rings. The maximum atomic E-state index is 12.0. The van der Waals surface area contributed by atoms with Gasteiger partial charge in [-0.2, -0.15) is 0 Å². The zero-order valence-corrected chi connectivity index (χ0v) is 12.6. The summed E-state index contributed by atoms with van der Waals surface area (Å²) >= 11 is 0. The minimum absolute atomic E-state index is 0.0751. The van der Waals surface area contributed by atoms with Gasteiger partial charge in [-0.3, -0.25) is 10.1 Å². The predicted octanol–water partition coefficient (Wildman–Crippen LogP) is 0.847. The average molecular weight is 351 g/mol. The topological polar surface area (TPSA) is 169 Å². The highest BCUT2D eigenvalue weighted by molar-refractivity contribution is 5.71. The normalized spacial score (nSPS) is 30.2. The summed E-state index contributed by atoms with van der Waals surface area (Å²) in [7, 11) is 0. The Morgan fingerprint density at radius 3 is 2.84 bits per heavy atom. The third-order valence-corrected chi connectivity index (χ3v) is 3.85. The van der Waals surface area contributed by atoms with E-state index in [1.165, 1.54) is 24.3 Å². The van der Waals surface area contributed by atoms with Gasteiger partial charge in [-0.05, 0) is 17.7 Å². The fraction of sp³-hybridized carbons (Fsp3) is 0.462. The Morgan fingerprint density at radius 2 is 2.20 bits per heavy atom. The maximum Gasteiger partial charge on any atom is 0.413 e. The molecule has 0 spiro atoms. The van der Waals surface area contributed by atoms with Gasteiger partial charge in [-0.15, -0.1) is 0 Å². The van der Waals surface area contributed by atoms with Crippen molar-refractivity contribution in [1.82, 2.24) is 5.32 Å². The number of carbonyl (C=O) groups excluding carboxylic acids is 1. The molecule has 0 saturated carbocycles. The number of ether oxygens (including phenoxy) is 3. The Kier molecular flexibility index (Phi) is 4.67. The van der Waals surface area contributed by atoms with Crippen molar-refractivity contribution < 1.29 is 29.0 Å². The second kappa shape index (κ2) is 6.91. The molecule has 2 fully saturated rings. The van der Waals surface area contributed by atoms with Crippen molar-refractivity contribution >= 4 is 11.8 Å². The first kappa shape index (κ1) is 16.9. The van der Waals surface area contributed by atoms with Crippen LogP contribution in [0.3, 0.4) is 0 Å². The van der Waals surface area contributed by atoms with Crippen LogP contribution < -0.4 is 10.1 Å². The number of benzene rings is 1. The smallest absolute Gasteiger partial charge is 0.410 e. The molecule has 2 bridgehead atoms. The Morgan fingerprint density at radius 1 is 1.48 bits per heavy atom. The van der Waals surface area contributed by atoms with E-state index in [9.17, 15) is 20.0 Å². The lowest BCUT2D eigenvalue weighted by Crippen LogP contribution is -2.60. The lowest BCUT2D eigenvalue weighted by Gasteiger charge is -2.36. The molecule has 12 heteroatoms. The highest BCUT2D eigenvalue weighted by Gasteiger charge is 2.50. The molecule has 2 N–H and O–H groups in total. The Labute approximate surface area is 140 Å². The van der Waals surface area contributed by atoms with Gasteiger partial charge in [-0.1, -0.05) is 5.11 Å². The third kappa shape index (κ3) is 3.46. The summed E-state index contributed by atoms with van der Waals surface area (Å²) in [6, 6.07) is 2.98. The number of aliphatic hydroxyl groups is 1. The third-order valence-electron chi connectivity index (χ3n) is 3.85. The zero-order chi connectivity index (χ0) is 18.0. The Bertz CT molecular complexity index is 720. The van der Waals surface area contributed by atoms with Gasteiger partial charge in [0.05, 0.1) is 29.8 Å². The molecule has 0 radical (unpaired) electrons. The van der Waals surface area contributed by atoms with Gasteiger partial charge in [0, 0.05) is 17.0 Å². The maximum absolute atomic E-state index is 12.0. The second-order valence-corrected chi connectivity index (χ2v) is 5.37. The van der Waals surface area contributed by atoms with Crippen LogP contribution in [0.2, 0.25) is 0 Å². The van der Waals surface area contributed by atoms with Gasteiger partial charge >= 0.3 is 6.09 Å². The number of carbonyl (C=O) groups is 1. The number of nitro benzene ring substituents is 1. The number of aliphatic hydroxyl groups excluding tert-OH is 1. The molecule has 0 aliphatic carbocycles. The average Bonchev–Trinajstić information content (AvgIpc) is 3.02. The molecule has 2 aliphatic rings. The lowest BCUT2D eigenvalue weighted by molar-refractivity contribution is -0.384. The van der Waals surface area contributed by atoms with E-state index < -0.39 is 41.6 Å². The summed E-state index contributed by atoms with van der Waals surface area (Å²) in [5.41, 5.74) is 8.43. The van der Waals surface area contributed by atoms with Crippen molar-refractivity contribution in [3.63, 3.8) is 0 Å². The first-order chi connectivity index (χ1) is 12.0. The van der Waals surface area contributed by atoms with Crippen LogP contribution in [0.4, 0.5) is 10.5 Å². The van der Waals surface area contributed by atoms with Gasteiger partial charge in [0.15, 0.2) is 6.29 Å². The molecular weight excluding hydrogens is 338 g/mol. The molecule has 5 unspecified atom stereocenters. The van der Waals surface area contributed by atoms with Crippen molar-refractivity contribution in [3.8, 4) is 5.75 Å². The largest absolute Gasteiger partial charge is 0.413 e. The summed E-state index contributed by atoms with van der Waals surface area (Å²) in [6.45, 7) is 0.126. The van der Waals surface area contributed by atoms with Crippen LogP contribution >= 0.6 is 0 Å². The van der Waals surface area contributed by atoms with E-state index >= 15 is 0 Å². The SMILES string of the molecule is [N-]=[N+]=NC1C2COC(O2)C(NC(=O)Oc2ccc([N+](=O)[O-])cc2)C1O. The number of hydrogen-bond donors (Lipinski definition) is 2. The van der Waals surface area contributed by atoms with Crippen molar-refractivity contribution in [3.05, 3.63) is 44.8 Å². The van der Waals surface area contributed by atoms with Crippen LogP contribution in [0.1, 0.15) is 0 Å². The fourth-order valence-electron chi connectivity index (χ4n) is 2.67. The summed E-state index contributed by atoms with van der Waals surface area (Å²) in [5, 5.41) is 26.7. The van der Waals surface area contributed by atoms with Gasteiger partial charge in [-0.25, -0.2) is 4.79 Å². The number of azide groups is 1. The number of fused-ring (bicyclic) bond motifs is 2. The van der Waals surface area contributed by atoms with E-state index in [-0.39, 0.29) is 18.0 Å². The number of rotatable bonds is 4. The lowest BCUT2D eigenvalue weighted by atomic mass is 9.97. The summed E-state index contributed by atoms with van der Waals surface area (Å²) in [6.07, 6.45) is -3.61. The van der Waals surface area contributed by atoms with Crippen LogP contribution in [-0.2, 0) is 9.47 Å². The number of nitrogens with one attached hydrogen (secondary N) is 1. The molecule has 0 aromatic heterocycles. The standard InChI is InChI=1S/C13H13N5O7/c14-17-16-9-8-5-23-12(25-8)10(11(9)19)15-13(20)24-7-3-1-6(2-4-7)18(21)22/h1-4,8-12,19H,5H2,(H,15,20). The van der Waals surface area contributed by atoms with Gasteiger partial charge in [0.2, 0.25) is 0 Å². The molecule has 1 aromatic carbocycles. The van der Waals surface area contributed by atoms with Crippen molar-refractivity contribution in [2.75, 3.05) is 6.61 Å². The molecule has 1 amide bonds. The van der Waals surface area contributed by atoms with Crippen LogP contribution in [-0.4, -0.2) is 53.3 Å². The van der Waals surface area contributed by atoms with E-state index in [0.717, 1.165) is 0 Å². The van der Waals surface area contributed by atoms with E-state index in [2.05, 4.69) is 15.3 Å². The summed E-state index contributed by atoms with van der Waals surface area (Å²) in [4.78, 5) is 24.7. The molecule has 2 aliphatic heterocycles. The van der Waals surface area contributed by atoms with Crippen LogP contribution in [0, 0.1) is 10.1 Å². The quantitative estimate of drug-likeness (QED) is 0.266. The van der Waals surface area contributed by atoms with Crippen molar-refractivity contribution in [1.29, 1.82) is 0 Å². The fourth-order valence-corrected chi connectivity index (χ4v) is 2.67. The monoisotopic (exact) mass is 351 g/mol. The highest BCUT2D eigenvalue weighted by atomic mass is 16.7. The van der Waals surface area contributed by atoms with Crippen LogP contribution in [0.5, 0.6) is 5.75 Å². The molecule has 2 saturated heterocycles. The van der Waals surface area contributed by atoms with E-state index in [1.807, 2.05) is 0 Å². The summed E-state index contributed by atoms with van der Waals surface area (Å²) in [5.74, 6) is 0.0751. The number of nitro groups is 1. The Balaban J connectivity index is 1.65. The van der Waals surface area contributed by atoms with Crippen LogP contribution in [0.25, 0.3) is 10.4 Å². The van der Waals surface area contributed by atoms with Crippen molar-refractivity contribution in [2.45, 2.75) is 30.6 Å². The number of hydrogen-bond acceptors (Lipinski definition) is 8. The minimum atomic E-state index is -1.22. The summed E-state index contributed by atoms with van der Waals surface area (Å²) < 4.78 is 15.8. The second-order valence-electron chi connectivity index (χ2n) is 5.37. The molecule has 132 valence electrons. The highest BCUT2D eigenvalue weighted by Crippen LogP contribution is 2.30. The number of nitrogens with zero attached hydrogens (tertiary/aromatic N) is 4. The number of amides is 1.